The maximum absolute atomic E-state index is 11.2. The van der Waals surface area contributed by atoms with Crippen LogP contribution in [0.15, 0.2) is 47.4 Å². The van der Waals surface area contributed by atoms with Gasteiger partial charge < -0.3 is 4.98 Å². The number of sulfonamides is 1. The van der Waals surface area contributed by atoms with Crippen molar-refractivity contribution >= 4 is 15.7 Å². The molecule has 2 N–H and O–H groups in total. The number of hydrogen-bond donors (Lipinski definition) is 2. The molecule has 94 valence electrons. The van der Waals surface area contributed by atoms with Gasteiger partial charge in [0.1, 0.15) is 0 Å². The van der Waals surface area contributed by atoms with Gasteiger partial charge in [0.15, 0.2) is 0 Å². The first-order chi connectivity index (χ1) is 8.44. The topological polar surface area (TPSA) is 79.0 Å². The fourth-order valence-corrected chi connectivity index (χ4v) is 2.16. The molecule has 0 aliphatic heterocycles. The Hall–Kier alpha value is -2.08. The highest BCUT2D eigenvalue weighted by atomic mass is 32.2. The maximum atomic E-state index is 11.2. The van der Waals surface area contributed by atoms with Crippen molar-refractivity contribution < 1.29 is 8.42 Å². The van der Waals surface area contributed by atoms with Gasteiger partial charge in [-0.05, 0) is 29.3 Å². The zero-order valence-electron chi connectivity index (χ0n) is 9.67. The fraction of sp³-hybridized carbons (Fsp3) is 0.0833. The monoisotopic (exact) mass is 264 g/mol. The quantitative estimate of drug-likeness (QED) is 0.879. The molecular formula is C12H12N2O3S. The van der Waals surface area contributed by atoms with Gasteiger partial charge in [-0.2, -0.15) is 0 Å². The molecular weight excluding hydrogens is 252 g/mol. The molecule has 0 aliphatic rings. The Morgan fingerprint density at radius 1 is 1.11 bits per heavy atom. The summed E-state index contributed by atoms with van der Waals surface area (Å²) in [4.78, 5) is 13.7. The summed E-state index contributed by atoms with van der Waals surface area (Å²) in [5.74, 6) is 0. The minimum Gasteiger partial charge on any atom is -0.329 e. The molecule has 0 atom stereocenters. The van der Waals surface area contributed by atoms with Gasteiger partial charge in [-0.1, -0.05) is 12.1 Å². The SMILES string of the molecule is CS(=O)(=O)Nc1cccc(-c2cc[nH]c(=O)c2)c1. The molecule has 0 radical (unpaired) electrons. The molecule has 1 aromatic carbocycles. The predicted octanol–water partition coefficient (Wildman–Crippen LogP) is 1.41. The van der Waals surface area contributed by atoms with Gasteiger partial charge in [0.25, 0.3) is 0 Å². The Morgan fingerprint density at radius 3 is 2.50 bits per heavy atom. The lowest BCUT2D eigenvalue weighted by molar-refractivity contribution is 0.607. The van der Waals surface area contributed by atoms with Crippen molar-refractivity contribution in [2.24, 2.45) is 0 Å². The third-order valence-corrected chi connectivity index (χ3v) is 2.88. The second-order valence-electron chi connectivity index (χ2n) is 3.90. The molecule has 0 unspecified atom stereocenters. The highest BCUT2D eigenvalue weighted by Gasteiger charge is 2.04. The molecule has 0 amide bonds. The van der Waals surface area contributed by atoms with Crippen molar-refractivity contribution in [1.82, 2.24) is 4.98 Å². The molecule has 1 heterocycles. The second kappa shape index (κ2) is 4.66. The van der Waals surface area contributed by atoms with Crippen LogP contribution < -0.4 is 10.3 Å². The molecule has 0 saturated carbocycles. The van der Waals surface area contributed by atoms with Gasteiger partial charge in [-0.15, -0.1) is 0 Å². The zero-order chi connectivity index (χ0) is 13.2. The molecule has 0 spiro atoms. The highest BCUT2D eigenvalue weighted by molar-refractivity contribution is 7.92. The first kappa shape index (κ1) is 12.4. The summed E-state index contributed by atoms with van der Waals surface area (Å²) in [6, 6.07) is 10.1. The van der Waals surface area contributed by atoms with Gasteiger partial charge in [-0.25, -0.2) is 8.42 Å². The molecule has 0 aliphatic carbocycles. The van der Waals surface area contributed by atoms with Crippen molar-refractivity contribution in [3.05, 3.63) is 52.9 Å². The van der Waals surface area contributed by atoms with Crippen molar-refractivity contribution in [1.29, 1.82) is 0 Å². The molecule has 0 saturated heterocycles. The number of H-pyrrole nitrogens is 1. The summed E-state index contributed by atoms with van der Waals surface area (Å²) in [5.41, 5.74) is 1.77. The molecule has 5 nitrogen and oxygen atoms in total. The molecule has 6 heteroatoms. The predicted molar refractivity (Wildman–Crippen MR) is 71.0 cm³/mol. The van der Waals surface area contributed by atoms with E-state index in [2.05, 4.69) is 9.71 Å². The summed E-state index contributed by atoms with van der Waals surface area (Å²) < 4.78 is 24.7. The van der Waals surface area contributed by atoms with E-state index in [1.165, 1.54) is 6.07 Å². The van der Waals surface area contributed by atoms with Crippen LogP contribution in [0.25, 0.3) is 11.1 Å². The Bertz CT molecular complexity index is 720. The Balaban J connectivity index is 2.42. The van der Waals surface area contributed by atoms with Gasteiger partial charge in [0.05, 0.1) is 6.26 Å². The van der Waals surface area contributed by atoms with Gasteiger partial charge in [0, 0.05) is 18.0 Å². The van der Waals surface area contributed by atoms with E-state index in [0.717, 1.165) is 17.4 Å². The fourth-order valence-electron chi connectivity index (χ4n) is 1.60. The lowest BCUT2D eigenvalue weighted by Gasteiger charge is -2.06. The van der Waals surface area contributed by atoms with Crippen molar-refractivity contribution in [2.75, 3.05) is 11.0 Å². The molecule has 18 heavy (non-hydrogen) atoms. The third kappa shape index (κ3) is 3.21. The summed E-state index contributed by atoms with van der Waals surface area (Å²) in [5, 5.41) is 0. The van der Waals surface area contributed by atoms with E-state index in [1.54, 1.807) is 30.5 Å². The van der Waals surface area contributed by atoms with Crippen LogP contribution in [0.2, 0.25) is 0 Å². The van der Waals surface area contributed by atoms with Crippen LogP contribution in [0.5, 0.6) is 0 Å². The highest BCUT2D eigenvalue weighted by Crippen LogP contribution is 2.21. The van der Waals surface area contributed by atoms with E-state index < -0.39 is 10.0 Å². The normalized spacial score (nSPS) is 11.2. The van der Waals surface area contributed by atoms with Crippen molar-refractivity contribution in [3.8, 4) is 11.1 Å². The molecule has 1 aromatic heterocycles. The minimum absolute atomic E-state index is 0.200. The van der Waals surface area contributed by atoms with Crippen LogP contribution in [0.3, 0.4) is 0 Å². The standard InChI is InChI=1S/C12H12N2O3S/c1-18(16,17)14-11-4-2-3-9(7-11)10-5-6-13-12(15)8-10/h2-8,14H,1H3,(H,13,15). The number of benzene rings is 1. The van der Waals surface area contributed by atoms with E-state index in [4.69, 9.17) is 0 Å². The van der Waals surface area contributed by atoms with Crippen LogP contribution in [-0.4, -0.2) is 19.7 Å². The van der Waals surface area contributed by atoms with Gasteiger partial charge in [-0.3, -0.25) is 9.52 Å². The molecule has 0 bridgehead atoms. The lowest BCUT2D eigenvalue weighted by Crippen LogP contribution is -2.09. The summed E-state index contributed by atoms with van der Waals surface area (Å²) >= 11 is 0. The van der Waals surface area contributed by atoms with E-state index in [0.29, 0.717) is 5.69 Å². The molecule has 2 rings (SSSR count). The number of hydrogen-bond acceptors (Lipinski definition) is 3. The largest absolute Gasteiger partial charge is 0.329 e. The third-order valence-electron chi connectivity index (χ3n) is 2.27. The number of aromatic amines is 1. The molecule has 2 aromatic rings. The lowest BCUT2D eigenvalue weighted by atomic mass is 10.1. The average Bonchev–Trinajstić information content (AvgIpc) is 2.27. The van der Waals surface area contributed by atoms with Crippen molar-refractivity contribution in [2.45, 2.75) is 0 Å². The smallest absolute Gasteiger partial charge is 0.248 e. The average molecular weight is 264 g/mol. The Kier molecular flexibility index (Phi) is 3.20. The van der Waals surface area contributed by atoms with Gasteiger partial charge >= 0.3 is 0 Å². The van der Waals surface area contributed by atoms with Crippen LogP contribution in [-0.2, 0) is 10.0 Å². The number of anilines is 1. The zero-order valence-corrected chi connectivity index (χ0v) is 10.5. The first-order valence-corrected chi connectivity index (χ1v) is 7.10. The van der Waals surface area contributed by atoms with E-state index in [1.807, 2.05) is 6.07 Å². The van der Waals surface area contributed by atoms with E-state index >= 15 is 0 Å². The number of pyridine rings is 1. The van der Waals surface area contributed by atoms with E-state index in [-0.39, 0.29) is 5.56 Å². The number of rotatable bonds is 3. The Morgan fingerprint density at radius 2 is 1.83 bits per heavy atom. The first-order valence-electron chi connectivity index (χ1n) is 5.21. The van der Waals surface area contributed by atoms with Crippen LogP contribution in [0.1, 0.15) is 0 Å². The second-order valence-corrected chi connectivity index (χ2v) is 5.65. The number of aromatic nitrogens is 1. The van der Waals surface area contributed by atoms with Crippen LogP contribution in [0, 0.1) is 0 Å². The summed E-state index contributed by atoms with van der Waals surface area (Å²) in [7, 11) is -3.30. The van der Waals surface area contributed by atoms with Gasteiger partial charge in [0.2, 0.25) is 15.6 Å². The number of nitrogens with one attached hydrogen (secondary N) is 2. The van der Waals surface area contributed by atoms with Crippen LogP contribution >= 0.6 is 0 Å². The van der Waals surface area contributed by atoms with Crippen LogP contribution in [0.4, 0.5) is 5.69 Å². The summed E-state index contributed by atoms with van der Waals surface area (Å²) in [6.45, 7) is 0. The van der Waals surface area contributed by atoms with E-state index in [9.17, 15) is 13.2 Å². The molecule has 0 fully saturated rings. The minimum atomic E-state index is -3.30. The Labute approximate surface area is 105 Å². The maximum Gasteiger partial charge on any atom is 0.248 e. The van der Waals surface area contributed by atoms with Crippen molar-refractivity contribution in [3.63, 3.8) is 0 Å². The summed E-state index contributed by atoms with van der Waals surface area (Å²) in [6.07, 6.45) is 2.64.